The van der Waals surface area contributed by atoms with Crippen LogP contribution >= 0.6 is 0 Å². The van der Waals surface area contributed by atoms with Crippen LogP contribution in [0.4, 0.5) is 0 Å². The van der Waals surface area contributed by atoms with Crippen molar-refractivity contribution in [3.05, 3.63) is 60.2 Å². The molecule has 0 fully saturated rings. The first-order valence-corrected chi connectivity index (χ1v) is 8.54. The van der Waals surface area contributed by atoms with Crippen molar-refractivity contribution in [2.24, 2.45) is 0 Å². The summed E-state index contributed by atoms with van der Waals surface area (Å²) in [6.45, 7) is 0.537. The minimum atomic E-state index is -3.20. The molecule has 0 amide bonds. The highest BCUT2D eigenvalue weighted by Crippen LogP contribution is 2.17. The Hall–Kier alpha value is -2.54. The molecular weight excluding hydrogens is 300 g/mol. The lowest BCUT2D eigenvalue weighted by Crippen LogP contribution is -2.03. The Morgan fingerprint density at radius 3 is 2.32 bits per heavy atom. The van der Waals surface area contributed by atoms with E-state index in [1.165, 1.54) is 11.1 Å². The zero-order chi connectivity index (χ0) is 15.6. The van der Waals surface area contributed by atoms with Gasteiger partial charge in [-0.2, -0.15) is 4.80 Å². The summed E-state index contributed by atoms with van der Waals surface area (Å²) in [5.41, 5.74) is 1.81. The molecule has 3 aromatic rings. The van der Waals surface area contributed by atoms with E-state index in [1.54, 1.807) is 24.3 Å². The predicted molar refractivity (Wildman–Crippen MR) is 81.9 cm³/mol. The normalized spacial score (nSPS) is 11.5. The van der Waals surface area contributed by atoms with Crippen LogP contribution in [0.1, 0.15) is 5.56 Å². The van der Waals surface area contributed by atoms with E-state index >= 15 is 0 Å². The van der Waals surface area contributed by atoms with Crippen molar-refractivity contribution in [3.63, 3.8) is 0 Å². The molecule has 0 aliphatic heterocycles. The maximum atomic E-state index is 11.4. The topological polar surface area (TPSA) is 77.7 Å². The van der Waals surface area contributed by atoms with E-state index in [2.05, 4.69) is 15.4 Å². The molecule has 0 saturated carbocycles. The summed E-state index contributed by atoms with van der Waals surface area (Å²) < 4.78 is 22.9. The Balaban J connectivity index is 1.82. The van der Waals surface area contributed by atoms with Crippen LogP contribution in [0.2, 0.25) is 0 Å². The Bertz CT molecular complexity index is 871. The first-order valence-electron chi connectivity index (χ1n) is 6.64. The molecule has 0 aliphatic carbocycles. The lowest BCUT2D eigenvalue weighted by molar-refractivity contribution is 0.573. The summed E-state index contributed by atoms with van der Waals surface area (Å²) in [5.74, 6) is 0.469. The second-order valence-electron chi connectivity index (χ2n) is 4.93. The van der Waals surface area contributed by atoms with Gasteiger partial charge in [-0.25, -0.2) is 8.42 Å². The summed E-state index contributed by atoms with van der Waals surface area (Å²) in [7, 11) is -3.20. The van der Waals surface area contributed by atoms with Crippen LogP contribution in [-0.2, 0) is 16.4 Å². The molecule has 1 heterocycles. The zero-order valence-corrected chi connectivity index (χ0v) is 12.7. The predicted octanol–water partition coefficient (Wildman–Crippen LogP) is 1.79. The first-order chi connectivity index (χ1) is 10.5. The van der Waals surface area contributed by atoms with E-state index in [0.29, 0.717) is 12.4 Å². The number of tetrazole rings is 1. The molecule has 6 nitrogen and oxygen atoms in total. The standard InChI is InChI=1S/C15H14N4O2S/c1-22(20,21)14-9-7-13(8-10-14)15-16-18-19(17-15)11-12-5-3-2-4-6-12/h2-10H,11H2,1H3. The highest BCUT2D eigenvalue weighted by molar-refractivity contribution is 7.90. The van der Waals surface area contributed by atoms with Crippen LogP contribution in [0, 0.1) is 0 Å². The Kier molecular flexibility index (Phi) is 3.72. The summed E-state index contributed by atoms with van der Waals surface area (Å²) >= 11 is 0. The van der Waals surface area contributed by atoms with Gasteiger partial charge in [0, 0.05) is 11.8 Å². The fourth-order valence-corrected chi connectivity index (χ4v) is 2.65. The van der Waals surface area contributed by atoms with Crippen molar-refractivity contribution in [2.45, 2.75) is 11.4 Å². The first kappa shape index (κ1) is 14.4. The molecule has 0 bridgehead atoms. The second-order valence-corrected chi connectivity index (χ2v) is 6.94. The lowest BCUT2D eigenvalue weighted by atomic mass is 10.2. The SMILES string of the molecule is CS(=O)(=O)c1ccc(-c2nnn(Cc3ccccc3)n2)cc1. The largest absolute Gasteiger partial charge is 0.224 e. The monoisotopic (exact) mass is 314 g/mol. The molecule has 0 atom stereocenters. The molecule has 22 heavy (non-hydrogen) atoms. The minimum Gasteiger partial charge on any atom is -0.224 e. The van der Waals surface area contributed by atoms with E-state index in [0.717, 1.165) is 11.1 Å². The number of benzene rings is 2. The van der Waals surface area contributed by atoms with Crippen LogP contribution < -0.4 is 0 Å². The quantitative estimate of drug-likeness (QED) is 0.733. The highest BCUT2D eigenvalue weighted by atomic mass is 32.2. The molecule has 0 saturated heterocycles. The molecule has 0 N–H and O–H groups in total. The number of nitrogens with zero attached hydrogens (tertiary/aromatic N) is 4. The van der Waals surface area contributed by atoms with Crippen molar-refractivity contribution < 1.29 is 8.42 Å². The summed E-state index contributed by atoms with van der Waals surface area (Å²) in [4.78, 5) is 1.78. The van der Waals surface area contributed by atoms with Gasteiger partial charge in [-0.15, -0.1) is 10.2 Å². The highest BCUT2D eigenvalue weighted by Gasteiger charge is 2.10. The van der Waals surface area contributed by atoms with E-state index in [4.69, 9.17) is 0 Å². The van der Waals surface area contributed by atoms with Gasteiger partial charge in [0.05, 0.1) is 11.4 Å². The van der Waals surface area contributed by atoms with Crippen LogP contribution in [-0.4, -0.2) is 34.9 Å². The number of aromatic nitrogens is 4. The van der Waals surface area contributed by atoms with Crippen molar-refractivity contribution in [1.82, 2.24) is 20.2 Å². The number of hydrogen-bond acceptors (Lipinski definition) is 5. The maximum absolute atomic E-state index is 11.4. The van der Waals surface area contributed by atoms with E-state index in [9.17, 15) is 8.42 Å². The molecule has 112 valence electrons. The fourth-order valence-electron chi connectivity index (χ4n) is 2.02. The average Bonchev–Trinajstić information content (AvgIpc) is 2.96. The molecule has 1 aromatic heterocycles. The van der Waals surface area contributed by atoms with Gasteiger partial charge >= 0.3 is 0 Å². The Morgan fingerprint density at radius 1 is 1.00 bits per heavy atom. The van der Waals surface area contributed by atoms with E-state index in [1.807, 2.05) is 30.3 Å². The molecular formula is C15H14N4O2S. The molecule has 7 heteroatoms. The third-order valence-corrected chi connectivity index (χ3v) is 4.29. The minimum absolute atomic E-state index is 0.271. The van der Waals surface area contributed by atoms with Gasteiger partial charge in [0.1, 0.15) is 0 Å². The van der Waals surface area contributed by atoms with Gasteiger partial charge in [-0.3, -0.25) is 0 Å². The summed E-state index contributed by atoms with van der Waals surface area (Å²) in [6, 6.07) is 16.3. The van der Waals surface area contributed by atoms with Crippen LogP contribution in [0.3, 0.4) is 0 Å². The van der Waals surface area contributed by atoms with Gasteiger partial charge in [0.15, 0.2) is 9.84 Å². The van der Waals surface area contributed by atoms with E-state index in [-0.39, 0.29) is 4.90 Å². The van der Waals surface area contributed by atoms with E-state index < -0.39 is 9.84 Å². The third-order valence-electron chi connectivity index (χ3n) is 3.16. The third kappa shape index (κ3) is 3.20. The number of rotatable bonds is 4. The smallest absolute Gasteiger partial charge is 0.204 e. The lowest BCUT2D eigenvalue weighted by Gasteiger charge is -1.99. The van der Waals surface area contributed by atoms with Crippen LogP contribution in [0.15, 0.2) is 59.5 Å². The van der Waals surface area contributed by atoms with Gasteiger partial charge in [-0.05, 0) is 35.0 Å². The van der Waals surface area contributed by atoms with Gasteiger partial charge < -0.3 is 0 Å². The van der Waals surface area contributed by atoms with Gasteiger partial charge in [0.2, 0.25) is 5.82 Å². The summed E-state index contributed by atoms with van der Waals surface area (Å²) in [6.07, 6.45) is 1.18. The molecule has 0 spiro atoms. The Labute approximate surface area is 128 Å². The zero-order valence-electron chi connectivity index (χ0n) is 11.9. The van der Waals surface area contributed by atoms with Crippen LogP contribution in [0.25, 0.3) is 11.4 Å². The van der Waals surface area contributed by atoms with Gasteiger partial charge in [0.25, 0.3) is 0 Å². The maximum Gasteiger partial charge on any atom is 0.204 e. The molecule has 0 unspecified atom stereocenters. The summed E-state index contributed by atoms with van der Waals surface area (Å²) in [5, 5.41) is 12.3. The molecule has 3 rings (SSSR count). The van der Waals surface area contributed by atoms with Crippen molar-refractivity contribution >= 4 is 9.84 Å². The Morgan fingerprint density at radius 2 is 1.68 bits per heavy atom. The molecule has 0 aliphatic rings. The van der Waals surface area contributed by atoms with Crippen molar-refractivity contribution in [1.29, 1.82) is 0 Å². The molecule has 2 aromatic carbocycles. The van der Waals surface area contributed by atoms with Crippen molar-refractivity contribution in [2.75, 3.05) is 6.26 Å². The molecule has 0 radical (unpaired) electrons. The average molecular weight is 314 g/mol. The van der Waals surface area contributed by atoms with Crippen molar-refractivity contribution in [3.8, 4) is 11.4 Å². The number of hydrogen-bond donors (Lipinski definition) is 0. The van der Waals surface area contributed by atoms with Gasteiger partial charge in [-0.1, -0.05) is 30.3 Å². The fraction of sp³-hybridized carbons (Fsp3) is 0.133. The second kappa shape index (κ2) is 5.69. The van der Waals surface area contributed by atoms with Crippen LogP contribution in [0.5, 0.6) is 0 Å². The number of sulfone groups is 1.